The molecule has 0 aromatic heterocycles. The van der Waals surface area contributed by atoms with Crippen LogP contribution in [-0.2, 0) is 6.54 Å². The molecule has 0 saturated carbocycles. The van der Waals surface area contributed by atoms with E-state index in [1.807, 2.05) is 12.1 Å². The van der Waals surface area contributed by atoms with Crippen LogP contribution in [0.2, 0.25) is 0 Å². The molecule has 1 aliphatic rings. The number of aromatic hydroxyl groups is 1. The molecule has 1 saturated heterocycles. The second-order valence-corrected chi connectivity index (χ2v) is 6.77. The van der Waals surface area contributed by atoms with Gasteiger partial charge >= 0.3 is 0 Å². The molecule has 0 spiro atoms. The molecule has 2 atom stereocenters. The van der Waals surface area contributed by atoms with Crippen molar-refractivity contribution in [3.63, 3.8) is 0 Å². The van der Waals surface area contributed by atoms with Crippen LogP contribution in [0.15, 0.2) is 24.3 Å². The molecule has 1 aromatic rings. The van der Waals surface area contributed by atoms with Gasteiger partial charge in [-0.1, -0.05) is 32.9 Å². The van der Waals surface area contributed by atoms with Crippen LogP contribution in [-0.4, -0.2) is 35.2 Å². The van der Waals surface area contributed by atoms with Crippen molar-refractivity contribution in [3.8, 4) is 5.75 Å². The first-order chi connectivity index (χ1) is 8.86. The van der Waals surface area contributed by atoms with Gasteiger partial charge < -0.3 is 10.4 Å². The van der Waals surface area contributed by atoms with E-state index in [0.717, 1.165) is 19.6 Å². The van der Waals surface area contributed by atoms with Crippen LogP contribution < -0.4 is 5.32 Å². The minimum atomic E-state index is 0.285. The van der Waals surface area contributed by atoms with Crippen molar-refractivity contribution in [1.29, 1.82) is 0 Å². The number of rotatable bonds is 2. The predicted octanol–water partition coefficient (Wildman–Crippen LogP) is 2.60. The summed E-state index contributed by atoms with van der Waals surface area (Å²) in [5.41, 5.74) is 1.55. The number of hydrogen-bond acceptors (Lipinski definition) is 3. The van der Waals surface area contributed by atoms with Crippen LogP contribution in [0.3, 0.4) is 0 Å². The van der Waals surface area contributed by atoms with Gasteiger partial charge in [-0.2, -0.15) is 0 Å². The Hall–Kier alpha value is -1.06. The second kappa shape index (κ2) is 5.51. The smallest absolute Gasteiger partial charge is 0.115 e. The highest BCUT2D eigenvalue weighted by molar-refractivity contribution is 5.25. The molecule has 1 aromatic carbocycles. The molecule has 1 fully saturated rings. The predicted molar refractivity (Wildman–Crippen MR) is 79.2 cm³/mol. The maximum Gasteiger partial charge on any atom is 0.115 e. The fourth-order valence-corrected chi connectivity index (χ4v) is 2.56. The van der Waals surface area contributed by atoms with E-state index in [2.05, 4.69) is 37.9 Å². The van der Waals surface area contributed by atoms with Gasteiger partial charge in [0.05, 0.1) is 0 Å². The zero-order valence-corrected chi connectivity index (χ0v) is 12.5. The van der Waals surface area contributed by atoms with Crippen LogP contribution in [0.4, 0.5) is 0 Å². The Balaban J connectivity index is 2.03. The molecule has 2 unspecified atom stereocenters. The average molecular weight is 262 g/mol. The maximum absolute atomic E-state index is 9.34. The van der Waals surface area contributed by atoms with Crippen molar-refractivity contribution in [1.82, 2.24) is 10.2 Å². The number of piperazine rings is 1. The number of phenolic OH excluding ortho intramolecular Hbond substituents is 1. The number of nitrogens with zero attached hydrogens (tertiary/aromatic N) is 1. The fraction of sp³-hybridized carbons (Fsp3) is 0.625. The molecule has 1 aliphatic heterocycles. The first-order valence-corrected chi connectivity index (χ1v) is 7.11. The molecule has 0 amide bonds. The molecule has 1 heterocycles. The van der Waals surface area contributed by atoms with Gasteiger partial charge in [-0.25, -0.2) is 0 Å². The zero-order valence-electron chi connectivity index (χ0n) is 12.5. The minimum absolute atomic E-state index is 0.285. The Labute approximate surface area is 116 Å². The molecule has 0 radical (unpaired) electrons. The van der Waals surface area contributed by atoms with Gasteiger partial charge in [0.25, 0.3) is 0 Å². The van der Waals surface area contributed by atoms with Crippen LogP contribution in [0.5, 0.6) is 5.75 Å². The Morgan fingerprint density at radius 2 is 1.89 bits per heavy atom. The highest BCUT2D eigenvalue weighted by atomic mass is 16.3. The van der Waals surface area contributed by atoms with Crippen molar-refractivity contribution >= 4 is 0 Å². The summed E-state index contributed by atoms with van der Waals surface area (Å²) >= 11 is 0. The topological polar surface area (TPSA) is 35.5 Å². The summed E-state index contributed by atoms with van der Waals surface area (Å²) in [6.45, 7) is 12.2. The van der Waals surface area contributed by atoms with E-state index in [9.17, 15) is 5.11 Å². The maximum atomic E-state index is 9.34. The minimum Gasteiger partial charge on any atom is -0.508 e. The van der Waals surface area contributed by atoms with Gasteiger partial charge in [-0.15, -0.1) is 0 Å². The lowest BCUT2D eigenvalue weighted by atomic mass is 9.84. The second-order valence-electron chi connectivity index (χ2n) is 6.77. The lowest BCUT2D eigenvalue weighted by Crippen LogP contribution is -2.59. The molecule has 0 aliphatic carbocycles. The van der Waals surface area contributed by atoms with Gasteiger partial charge in [0.1, 0.15) is 5.75 Å². The Morgan fingerprint density at radius 3 is 2.47 bits per heavy atom. The van der Waals surface area contributed by atoms with Crippen LogP contribution in [0, 0.1) is 5.41 Å². The van der Waals surface area contributed by atoms with Crippen molar-refractivity contribution < 1.29 is 5.11 Å². The monoisotopic (exact) mass is 262 g/mol. The van der Waals surface area contributed by atoms with E-state index >= 15 is 0 Å². The third kappa shape index (κ3) is 3.71. The van der Waals surface area contributed by atoms with Gasteiger partial charge in [0, 0.05) is 31.7 Å². The van der Waals surface area contributed by atoms with Crippen molar-refractivity contribution in [2.45, 2.75) is 46.3 Å². The molecule has 106 valence electrons. The Bertz CT molecular complexity index is 408. The van der Waals surface area contributed by atoms with Gasteiger partial charge in [-0.05, 0) is 30.0 Å². The number of hydrogen-bond donors (Lipinski definition) is 2. The van der Waals surface area contributed by atoms with E-state index in [1.165, 1.54) is 5.56 Å². The summed E-state index contributed by atoms with van der Waals surface area (Å²) < 4.78 is 0. The van der Waals surface area contributed by atoms with Crippen LogP contribution >= 0.6 is 0 Å². The third-order valence-corrected chi connectivity index (χ3v) is 4.07. The summed E-state index contributed by atoms with van der Waals surface area (Å²) in [5, 5.41) is 13.0. The van der Waals surface area contributed by atoms with Gasteiger partial charge in [-0.3, -0.25) is 4.90 Å². The number of nitrogens with one attached hydrogen (secondary N) is 1. The van der Waals surface area contributed by atoms with Crippen LogP contribution in [0.25, 0.3) is 0 Å². The molecule has 2 rings (SSSR count). The van der Waals surface area contributed by atoms with Gasteiger partial charge in [0.15, 0.2) is 0 Å². The van der Waals surface area contributed by atoms with Crippen LogP contribution in [0.1, 0.15) is 33.3 Å². The molecule has 0 bridgehead atoms. The first kappa shape index (κ1) is 14.4. The number of benzene rings is 1. The van der Waals surface area contributed by atoms with E-state index in [-0.39, 0.29) is 5.41 Å². The normalized spacial score (nSPS) is 25.5. The molecule has 2 N–H and O–H groups in total. The van der Waals surface area contributed by atoms with Crippen molar-refractivity contribution in [2.75, 3.05) is 13.1 Å². The van der Waals surface area contributed by atoms with Gasteiger partial charge in [0.2, 0.25) is 0 Å². The first-order valence-electron chi connectivity index (χ1n) is 7.11. The summed E-state index contributed by atoms with van der Waals surface area (Å²) in [5.74, 6) is 0.338. The highest BCUT2D eigenvalue weighted by Gasteiger charge is 2.32. The summed E-state index contributed by atoms with van der Waals surface area (Å²) in [4.78, 5) is 2.53. The van der Waals surface area contributed by atoms with E-state index < -0.39 is 0 Å². The quantitative estimate of drug-likeness (QED) is 0.860. The summed E-state index contributed by atoms with van der Waals surface area (Å²) in [6.07, 6.45) is 0. The fourth-order valence-electron chi connectivity index (χ4n) is 2.56. The largest absolute Gasteiger partial charge is 0.508 e. The van der Waals surface area contributed by atoms with E-state index in [0.29, 0.717) is 17.8 Å². The zero-order chi connectivity index (χ0) is 14.0. The molecule has 3 nitrogen and oxygen atoms in total. The van der Waals surface area contributed by atoms with Crippen molar-refractivity contribution in [3.05, 3.63) is 29.8 Å². The third-order valence-electron chi connectivity index (χ3n) is 4.07. The Kier molecular flexibility index (Phi) is 4.16. The van der Waals surface area contributed by atoms with Crippen molar-refractivity contribution in [2.24, 2.45) is 5.41 Å². The lowest BCUT2D eigenvalue weighted by molar-refractivity contribution is 0.0877. The molecule has 19 heavy (non-hydrogen) atoms. The number of phenols is 1. The molecule has 3 heteroatoms. The average Bonchev–Trinajstić information content (AvgIpc) is 2.33. The molecular formula is C16H26N2O. The van der Waals surface area contributed by atoms with E-state index in [4.69, 9.17) is 0 Å². The van der Waals surface area contributed by atoms with E-state index in [1.54, 1.807) is 12.1 Å². The standard InChI is InChI=1S/C16H26N2O/c1-12-9-17-15(16(2,3)4)11-18(12)10-13-5-7-14(19)8-6-13/h5-8,12,15,17,19H,9-11H2,1-4H3. The summed E-state index contributed by atoms with van der Waals surface area (Å²) in [7, 11) is 0. The SMILES string of the molecule is CC1CNC(C(C)(C)C)CN1Cc1ccc(O)cc1. The summed E-state index contributed by atoms with van der Waals surface area (Å²) in [6, 6.07) is 8.63. The highest BCUT2D eigenvalue weighted by Crippen LogP contribution is 2.24. The Morgan fingerprint density at radius 1 is 1.26 bits per heavy atom. The molecular weight excluding hydrogens is 236 g/mol. The lowest BCUT2D eigenvalue weighted by Gasteiger charge is -2.44.